The summed E-state index contributed by atoms with van der Waals surface area (Å²) in [5.41, 5.74) is 12.0. The van der Waals surface area contributed by atoms with Gasteiger partial charge in [0.1, 0.15) is 36.9 Å². The monoisotopic (exact) mass is 462 g/mol. The van der Waals surface area contributed by atoms with E-state index in [0.29, 0.717) is 19.1 Å². The molecular formula is C30H38O4. The predicted octanol–water partition coefficient (Wildman–Crippen LogP) is 6.44. The Bertz CT molecular complexity index is 1120. The first-order valence-corrected chi connectivity index (χ1v) is 12.7. The molecule has 5 rings (SSSR count). The standard InChI is InChI=1S/C30H38O4/c1-17-10-27(19(3)21(5)29(17)33-15-25-13-31-25)23-8-7-9-24(12-23)28-11-18(2)30(22(6)20(28)4)34-16-26-14-32-26/h8,10-11,24-26H,7,9,12-16H2,1-6H3. The molecule has 1 aliphatic carbocycles. The third-order valence-electron chi connectivity index (χ3n) is 7.88. The lowest BCUT2D eigenvalue weighted by molar-refractivity contribution is 0.260. The number of hydrogen-bond acceptors (Lipinski definition) is 4. The van der Waals surface area contributed by atoms with Crippen LogP contribution in [0.1, 0.15) is 69.7 Å². The van der Waals surface area contributed by atoms with Crippen molar-refractivity contribution < 1.29 is 18.9 Å². The fourth-order valence-electron chi connectivity index (χ4n) is 5.43. The number of aryl methyl sites for hydroxylation is 2. The topological polar surface area (TPSA) is 43.5 Å². The minimum atomic E-state index is 0.273. The molecule has 182 valence electrons. The Labute approximate surface area is 204 Å². The highest BCUT2D eigenvalue weighted by Crippen LogP contribution is 2.43. The third-order valence-corrected chi connectivity index (χ3v) is 7.88. The van der Waals surface area contributed by atoms with E-state index in [2.05, 4.69) is 59.8 Å². The summed E-state index contributed by atoms with van der Waals surface area (Å²) < 4.78 is 22.9. The Kier molecular flexibility index (Phi) is 6.47. The summed E-state index contributed by atoms with van der Waals surface area (Å²) in [6, 6.07) is 4.71. The second kappa shape index (κ2) is 9.39. The Morgan fingerprint density at radius 3 is 1.91 bits per heavy atom. The molecule has 2 saturated heterocycles. The molecule has 0 bridgehead atoms. The van der Waals surface area contributed by atoms with Crippen molar-refractivity contribution >= 4 is 5.57 Å². The maximum atomic E-state index is 6.14. The van der Waals surface area contributed by atoms with Gasteiger partial charge in [-0.15, -0.1) is 0 Å². The second-order valence-corrected chi connectivity index (χ2v) is 10.4. The van der Waals surface area contributed by atoms with Gasteiger partial charge in [0.2, 0.25) is 0 Å². The molecule has 34 heavy (non-hydrogen) atoms. The zero-order valence-electron chi connectivity index (χ0n) is 21.5. The van der Waals surface area contributed by atoms with Crippen molar-refractivity contribution in [3.8, 4) is 11.5 Å². The molecule has 2 aromatic carbocycles. The zero-order valence-corrected chi connectivity index (χ0v) is 21.5. The molecule has 2 fully saturated rings. The van der Waals surface area contributed by atoms with Gasteiger partial charge >= 0.3 is 0 Å². The quantitative estimate of drug-likeness (QED) is 0.423. The summed E-state index contributed by atoms with van der Waals surface area (Å²) in [6.45, 7) is 16.2. The minimum Gasteiger partial charge on any atom is -0.490 e. The summed E-state index contributed by atoms with van der Waals surface area (Å²) in [5, 5.41) is 0. The average Bonchev–Trinajstić information content (AvgIpc) is 3.74. The highest BCUT2D eigenvalue weighted by atomic mass is 16.6. The molecule has 3 unspecified atom stereocenters. The van der Waals surface area contributed by atoms with E-state index in [4.69, 9.17) is 18.9 Å². The Balaban J connectivity index is 1.38. The van der Waals surface area contributed by atoms with Crippen LogP contribution in [0.2, 0.25) is 0 Å². The van der Waals surface area contributed by atoms with Gasteiger partial charge in [-0.3, -0.25) is 0 Å². The van der Waals surface area contributed by atoms with Crippen LogP contribution >= 0.6 is 0 Å². The molecule has 2 aliphatic heterocycles. The Hall–Kier alpha value is -2.30. The van der Waals surface area contributed by atoms with E-state index in [1.54, 1.807) is 0 Å². The first-order chi connectivity index (χ1) is 16.3. The van der Waals surface area contributed by atoms with Crippen LogP contribution in [0.15, 0.2) is 18.2 Å². The van der Waals surface area contributed by atoms with Gasteiger partial charge < -0.3 is 18.9 Å². The number of ether oxygens (including phenoxy) is 4. The van der Waals surface area contributed by atoms with Crippen LogP contribution in [-0.4, -0.2) is 38.6 Å². The smallest absolute Gasteiger partial charge is 0.125 e. The van der Waals surface area contributed by atoms with Gasteiger partial charge in [-0.1, -0.05) is 12.1 Å². The van der Waals surface area contributed by atoms with Gasteiger partial charge in [0.05, 0.1) is 13.2 Å². The second-order valence-electron chi connectivity index (χ2n) is 10.4. The molecule has 0 amide bonds. The summed E-state index contributed by atoms with van der Waals surface area (Å²) >= 11 is 0. The van der Waals surface area contributed by atoms with Crippen LogP contribution < -0.4 is 9.47 Å². The van der Waals surface area contributed by atoms with Crippen LogP contribution in [0.25, 0.3) is 5.57 Å². The Morgan fingerprint density at radius 1 is 0.765 bits per heavy atom. The number of epoxide rings is 2. The van der Waals surface area contributed by atoms with Crippen LogP contribution in [0.3, 0.4) is 0 Å². The summed E-state index contributed by atoms with van der Waals surface area (Å²) in [5.74, 6) is 2.60. The zero-order chi connectivity index (χ0) is 24.0. The molecule has 0 saturated carbocycles. The van der Waals surface area contributed by atoms with Crippen molar-refractivity contribution in [2.45, 2.75) is 78.9 Å². The van der Waals surface area contributed by atoms with Gasteiger partial charge in [0.15, 0.2) is 0 Å². The molecule has 2 aromatic rings. The van der Waals surface area contributed by atoms with Crippen LogP contribution in [-0.2, 0) is 9.47 Å². The van der Waals surface area contributed by atoms with E-state index in [-0.39, 0.29) is 12.2 Å². The van der Waals surface area contributed by atoms with E-state index in [1.807, 2.05) is 0 Å². The fourth-order valence-corrected chi connectivity index (χ4v) is 5.43. The molecule has 3 aliphatic rings. The maximum absolute atomic E-state index is 6.14. The van der Waals surface area contributed by atoms with Gasteiger partial charge in [-0.05, 0) is 123 Å². The van der Waals surface area contributed by atoms with Crippen molar-refractivity contribution in [2.24, 2.45) is 0 Å². The lowest BCUT2D eigenvalue weighted by Crippen LogP contribution is -2.12. The minimum absolute atomic E-state index is 0.273. The largest absolute Gasteiger partial charge is 0.490 e. The number of hydrogen-bond donors (Lipinski definition) is 0. The highest BCUT2D eigenvalue weighted by molar-refractivity contribution is 5.73. The predicted molar refractivity (Wildman–Crippen MR) is 136 cm³/mol. The molecule has 0 radical (unpaired) electrons. The van der Waals surface area contributed by atoms with Crippen LogP contribution in [0.4, 0.5) is 0 Å². The SMILES string of the molecule is Cc1cc(C2=CCCC(c3cc(C)c(OCC4CO4)c(C)c3C)C2)c(C)c(C)c1OCC1CO1. The third kappa shape index (κ3) is 4.76. The van der Waals surface area contributed by atoms with Gasteiger partial charge in [0, 0.05) is 0 Å². The molecule has 4 heteroatoms. The number of rotatable bonds is 8. The van der Waals surface area contributed by atoms with E-state index in [9.17, 15) is 0 Å². The van der Waals surface area contributed by atoms with E-state index >= 15 is 0 Å². The molecule has 3 atom stereocenters. The summed E-state index contributed by atoms with van der Waals surface area (Å²) in [4.78, 5) is 0. The number of allylic oxidation sites excluding steroid dienone is 2. The van der Waals surface area contributed by atoms with E-state index < -0.39 is 0 Å². The molecule has 0 spiro atoms. The first-order valence-electron chi connectivity index (χ1n) is 12.7. The van der Waals surface area contributed by atoms with Crippen molar-refractivity contribution in [1.82, 2.24) is 0 Å². The van der Waals surface area contributed by atoms with E-state index in [0.717, 1.165) is 37.6 Å². The summed E-state index contributed by atoms with van der Waals surface area (Å²) in [6.07, 6.45) is 6.39. The van der Waals surface area contributed by atoms with Crippen molar-refractivity contribution in [3.05, 3.63) is 62.7 Å². The van der Waals surface area contributed by atoms with Gasteiger partial charge in [-0.25, -0.2) is 0 Å². The van der Waals surface area contributed by atoms with Crippen molar-refractivity contribution in [1.29, 1.82) is 0 Å². The lowest BCUT2D eigenvalue weighted by atomic mass is 9.77. The van der Waals surface area contributed by atoms with Gasteiger partial charge in [-0.2, -0.15) is 0 Å². The molecule has 0 aromatic heterocycles. The first kappa shape index (κ1) is 23.4. The van der Waals surface area contributed by atoms with Crippen molar-refractivity contribution in [2.75, 3.05) is 26.4 Å². The highest BCUT2D eigenvalue weighted by Gasteiger charge is 2.27. The Morgan fingerprint density at radius 2 is 1.32 bits per heavy atom. The van der Waals surface area contributed by atoms with E-state index in [1.165, 1.54) is 56.5 Å². The summed E-state index contributed by atoms with van der Waals surface area (Å²) in [7, 11) is 0. The van der Waals surface area contributed by atoms with Crippen molar-refractivity contribution in [3.63, 3.8) is 0 Å². The molecular weight excluding hydrogens is 424 g/mol. The normalized spacial score (nSPS) is 23.5. The lowest BCUT2D eigenvalue weighted by Gasteiger charge is -2.28. The molecule has 2 heterocycles. The fraction of sp³-hybridized carbons (Fsp3) is 0.533. The average molecular weight is 463 g/mol. The number of benzene rings is 2. The van der Waals surface area contributed by atoms with Crippen LogP contribution in [0.5, 0.6) is 11.5 Å². The maximum Gasteiger partial charge on any atom is 0.125 e. The van der Waals surface area contributed by atoms with Crippen LogP contribution in [0, 0.1) is 41.5 Å². The van der Waals surface area contributed by atoms with Gasteiger partial charge in [0.25, 0.3) is 0 Å². The molecule has 0 N–H and O–H groups in total. The molecule has 4 nitrogen and oxygen atoms in total.